The number of rotatable bonds is 7. The van der Waals surface area contributed by atoms with E-state index in [9.17, 15) is 35.8 Å². The number of aromatic hydroxyl groups is 1. The van der Waals surface area contributed by atoms with E-state index in [-0.39, 0.29) is 18.1 Å². The maximum absolute atomic E-state index is 14.7. The van der Waals surface area contributed by atoms with Crippen LogP contribution in [-0.4, -0.2) is 40.9 Å². The summed E-state index contributed by atoms with van der Waals surface area (Å²) in [6.07, 6.45) is -7.21. The molecule has 0 fully saturated rings. The van der Waals surface area contributed by atoms with Crippen molar-refractivity contribution < 1.29 is 50.1 Å². The Labute approximate surface area is 193 Å². The van der Waals surface area contributed by atoms with Gasteiger partial charge < -0.3 is 19.3 Å². The summed E-state index contributed by atoms with van der Waals surface area (Å²) < 4.78 is 112. The number of hydrogen-bond donors (Lipinski definition) is 1. The number of nitrogens with zero attached hydrogens (tertiary/aromatic N) is 2. The molecule has 0 bridgehead atoms. The lowest BCUT2D eigenvalue weighted by Gasteiger charge is -2.27. The molecule has 1 aliphatic heterocycles. The van der Waals surface area contributed by atoms with E-state index >= 15 is 0 Å². The molecule has 35 heavy (non-hydrogen) atoms. The van der Waals surface area contributed by atoms with E-state index in [0.717, 1.165) is 0 Å². The Morgan fingerprint density at radius 2 is 1.69 bits per heavy atom. The van der Waals surface area contributed by atoms with E-state index in [0.29, 0.717) is 21.7 Å². The Balaban J connectivity index is 1.80. The smallest absolute Gasteiger partial charge is 0.460 e. The molecule has 3 aromatic rings. The Bertz CT molecular complexity index is 1240. The molecule has 0 unspecified atom stereocenters. The van der Waals surface area contributed by atoms with Gasteiger partial charge in [0.05, 0.1) is 13.7 Å². The number of aromatic nitrogens is 2. The monoisotopic (exact) mass is 506 g/mol. The number of fused-ring (bicyclic) bond motifs is 1. The number of methoxy groups -OCH3 is 1. The maximum Gasteiger partial charge on any atom is 0.460 e. The molecule has 13 heteroatoms. The van der Waals surface area contributed by atoms with Crippen molar-refractivity contribution in [3.8, 4) is 23.1 Å². The second kappa shape index (κ2) is 8.54. The topological polar surface area (TPSA) is 65.7 Å². The Morgan fingerprint density at radius 1 is 0.971 bits per heavy atom. The van der Waals surface area contributed by atoms with Crippen LogP contribution in [0.5, 0.6) is 23.1 Å². The molecule has 4 rings (SSSR count). The second-order valence-electron chi connectivity index (χ2n) is 7.67. The fourth-order valence-electron chi connectivity index (χ4n) is 3.54. The van der Waals surface area contributed by atoms with Crippen LogP contribution in [-0.2, 0) is 18.9 Å². The van der Waals surface area contributed by atoms with Gasteiger partial charge >= 0.3 is 18.0 Å². The highest BCUT2D eigenvalue weighted by Gasteiger charge is 2.75. The van der Waals surface area contributed by atoms with Crippen molar-refractivity contribution in [1.82, 2.24) is 9.78 Å². The molecule has 2 heterocycles. The van der Waals surface area contributed by atoms with Crippen LogP contribution in [0.15, 0.2) is 42.5 Å². The molecular formula is C22H17F7N2O4. The molecule has 188 valence electrons. The van der Waals surface area contributed by atoms with Crippen molar-refractivity contribution in [3.63, 3.8) is 0 Å². The lowest BCUT2D eigenvalue weighted by molar-refractivity contribution is -0.360. The Kier molecular flexibility index (Phi) is 5.97. The molecule has 0 atom stereocenters. The molecule has 1 aromatic heterocycles. The highest BCUT2D eigenvalue weighted by Crippen LogP contribution is 2.53. The van der Waals surface area contributed by atoms with Gasteiger partial charge in [-0.2, -0.15) is 35.8 Å². The van der Waals surface area contributed by atoms with Crippen LogP contribution < -0.4 is 14.2 Å². The summed E-state index contributed by atoms with van der Waals surface area (Å²) in [5.74, 6) is -12.3. The summed E-state index contributed by atoms with van der Waals surface area (Å²) in [6, 6.07) is 10.2. The zero-order valence-corrected chi connectivity index (χ0v) is 17.9. The second-order valence-corrected chi connectivity index (χ2v) is 7.67. The quantitative estimate of drug-likeness (QED) is 0.444. The van der Waals surface area contributed by atoms with Crippen molar-refractivity contribution in [2.45, 2.75) is 31.0 Å². The normalized spacial score (nSPS) is 13.8. The number of alkyl halides is 7. The van der Waals surface area contributed by atoms with Crippen LogP contribution in [0.25, 0.3) is 0 Å². The minimum atomic E-state index is -6.57. The molecule has 0 aliphatic carbocycles. The van der Waals surface area contributed by atoms with Crippen LogP contribution in [0.4, 0.5) is 30.7 Å². The molecule has 0 saturated carbocycles. The summed E-state index contributed by atoms with van der Waals surface area (Å²) >= 11 is 0. The third-order valence-electron chi connectivity index (χ3n) is 5.35. The van der Waals surface area contributed by atoms with Crippen LogP contribution >= 0.6 is 0 Å². The average Bonchev–Trinajstić information content (AvgIpc) is 3.38. The SMILES string of the molecule is COc1cccc(Cn2nc(C(F)(F)C(F)(F)C(F)(F)F)c(Cc3ccc4c(c3)OCO4)c2O)c1. The highest BCUT2D eigenvalue weighted by molar-refractivity contribution is 5.47. The zero-order valence-electron chi connectivity index (χ0n) is 17.9. The minimum absolute atomic E-state index is 0.108. The van der Waals surface area contributed by atoms with Gasteiger partial charge in [0.2, 0.25) is 12.7 Å². The molecule has 0 spiro atoms. The predicted octanol–water partition coefficient (Wildman–Crippen LogP) is 5.25. The standard InChI is InChI=1S/C22H17F7N2O4/c1-33-14-4-2-3-13(7-14)10-31-19(32)15(8-12-5-6-16-17(9-12)35-11-34-16)18(30-31)20(23,24)21(25,26)22(27,28)29/h2-7,9,32H,8,10-11H2,1H3. The first-order valence-electron chi connectivity index (χ1n) is 9.98. The maximum atomic E-state index is 14.7. The summed E-state index contributed by atoms with van der Waals surface area (Å²) in [5, 5.41) is 14.0. The molecule has 0 saturated heterocycles. The van der Waals surface area contributed by atoms with Crippen molar-refractivity contribution >= 4 is 0 Å². The van der Waals surface area contributed by atoms with Crippen LogP contribution in [0.3, 0.4) is 0 Å². The zero-order chi connectivity index (χ0) is 25.6. The number of hydrogen-bond acceptors (Lipinski definition) is 5. The fraction of sp³-hybridized carbons (Fsp3) is 0.318. The van der Waals surface area contributed by atoms with Crippen LogP contribution in [0.1, 0.15) is 22.4 Å². The van der Waals surface area contributed by atoms with Gasteiger partial charge in [0, 0.05) is 12.0 Å². The van der Waals surface area contributed by atoms with E-state index in [1.54, 1.807) is 6.07 Å². The molecule has 0 radical (unpaired) electrons. The Morgan fingerprint density at radius 3 is 2.37 bits per heavy atom. The largest absolute Gasteiger partial charge is 0.497 e. The minimum Gasteiger partial charge on any atom is -0.497 e. The van der Waals surface area contributed by atoms with Crippen molar-refractivity contribution in [3.05, 3.63) is 64.8 Å². The molecule has 1 N–H and O–H groups in total. The molecule has 1 aliphatic rings. The van der Waals surface area contributed by atoms with E-state index in [1.165, 1.54) is 43.5 Å². The fourth-order valence-corrected chi connectivity index (χ4v) is 3.54. The van der Waals surface area contributed by atoms with Crippen molar-refractivity contribution in [2.24, 2.45) is 0 Å². The molecular weight excluding hydrogens is 489 g/mol. The van der Waals surface area contributed by atoms with E-state index in [4.69, 9.17) is 14.2 Å². The third-order valence-corrected chi connectivity index (χ3v) is 5.35. The summed E-state index contributed by atoms with van der Waals surface area (Å²) in [4.78, 5) is 0. The molecule has 6 nitrogen and oxygen atoms in total. The number of benzene rings is 2. The predicted molar refractivity (Wildman–Crippen MR) is 106 cm³/mol. The van der Waals surface area contributed by atoms with Gasteiger partial charge in [-0.05, 0) is 35.4 Å². The van der Waals surface area contributed by atoms with Gasteiger partial charge in [-0.15, -0.1) is 0 Å². The van der Waals surface area contributed by atoms with E-state index in [2.05, 4.69) is 5.10 Å². The van der Waals surface area contributed by atoms with Crippen LogP contribution in [0, 0.1) is 0 Å². The number of ether oxygens (including phenoxy) is 3. The lowest BCUT2D eigenvalue weighted by Crippen LogP contribution is -2.50. The first-order valence-corrected chi connectivity index (χ1v) is 9.98. The van der Waals surface area contributed by atoms with Gasteiger partial charge in [-0.1, -0.05) is 18.2 Å². The van der Waals surface area contributed by atoms with E-state index in [1.807, 2.05) is 0 Å². The lowest BCUT2D eigenvalue weighted by atomic mass is 9.98. The van der Waals surface area contributed by atoms with Crippen molar-refractivity contribution in [2.75, 3.05) is 13.9 Å². The average molecular weight is 506 g/mol. The summed E-state index contributed by atoms with van der Waals surface area (Å²) in [5.41, 5.74) is -2.24. The van der Waals surface area contributed by atoms with Gasteiger partial charge in [0.25, 0.3) is 0 Å². The van der Waals surface area contributed by atoms with Crippen molar-refractivity contribution in [1.29, 1.82) is 0 Å². The summed E-state index contributed by atoms with van der Waals surface area (Å²) in [6.45, 7) is -0.519. The highest BCUT2D eigenvalue weighted by atomic mass is 19.4. The molecule has 0 amide bonds. The van der Waals surface area contributed by atoms with Gasteiger partial charge in [0.1, 0.15) is 11.4 Å². The summed E-state index contributed by atoms with van der Waals surface area (Å²) in [7, 11) is 1.37. The van der Waals surface area contributed by atoms with Gasteiger partial charge in [-0.25, -0.2) is 4.68 Å². The van der Waals surface area contributed by atoms with Crippen LogP contribution in [0.2, 0.25) is 0 Å². The number of halogens is 7. The van der Waals surface area contributed by atoms with Gasteiger partial charge in [0.15, 0.2) is 11.5 Å². The third kappa shape index (κ3) is 4.30. The first-order chi connectivity index (χ1) is 16.3. The van der Waals surface area contributed by atoms with E-state index < -0.39 is 48.1 Å². The molecule has 2 aromatic carbocycles. The first kappa shape index (κ1) is 24.5. The van der Waals surface area contributed by atoms with Gasteiger partial charge in [-0.3, -0.25) is 0 Å². The Hall–Kier alpha value is -3.64.